The van der Waals surface area contributed by atoms with E-state index in [1.54, 1.807) is 6.92 Å². The van der Waals surface area contributed by atoms with Crippen molar-refractivity contribution < 1.29 is 13.2 Å². The van der Waals surface area contributed by atoms with Crippen LogP contribution in [0.4, 0.5) is 13.2 Å². The number of nitrogens with one attached hydrogen (secondary N) is 1. The van der Waals surface area contributed by atoms with Gasteiger partial charge in [0.2, 0.25) is 0 Å². The summed E-state index contributed by atoms with van der Waals surface area (Å²) in [5.41, 5.74) is 0. The molecule has 2 nitrogen and oxygen atoms in total. The largest absolute Gasteiger partial charge is 0.401 e. The van der Waals surface area contributed by atoms with Gasteiger partial charge in [-0.2, -0.15) is 13.2 Å². The number of hydrogen-bond donors (Lipinski definition) is 1. The highest BCUT2D eigenvalue weighted by Gasteiger charge is 2.29. The van der Waals surface area contributed by atoms with E-state index in [9.17, 15) is 13.2 Å². The third-order valence-electron chi connectivity index (χ3n) is 3.01. The molecule has 1 rings (SSSR count). The highest BCUT2D eigenvalue weighted by molar-refractivity contribution is 4.80. The molecule has 1 N–H and O–H groups in total. The molecule has 1 aliphatic rings. The number of nitrogens with zero attached hydrogens (tertiary/aromatic N) is 1. The zero-order valence-electron chi connectivity index (χ0n) is 10.5. The average Bonchev–Trinajstić information content (AvgIpc) is 3.03. The second-order valence-corrected chi connectivity index (χ2v) is 4.77. The summed E-state index contributed by atoms with van der Waals surface area (Å²) >= 11 is 0. The maximum atomic E-state index is 12.2. The molecule has 1 aliphatic carbocycles. The molecule has 0 amide bonds. The van der Waals surface area contributed by atoms with Crippen molar-refractivity contribution in [2.45, 2.75) is 51.2 Å². The molecule has 0 aromatic carbocycles. The van der Waals surface area contributed by atoms with E-state index < -0.39 is 12.7 Å². The highest BCUT2D eigenvalue weighted by atomic mass is 19.4. The van der Waals surface area contributed by atoms with Crippen molar-refractivity contribution in [2.24, 2.45) is 0 Å². The standard InChI is InChI=1S/C12H23F3N2/c1-2-17(10-12(13,14)15)9-5-3-4-8-16-11-6-7-11/h11,16H,2-10H2,1H3. The molecular weight excluding hydrogens is 229 g/mol. The minimum absolute atomic E-state index is 0.472. The molecule has 1 fully saturated rings. The molecule has 0 spiro atoms. The topological polar surface area (TPSA) is 15.3 Å². The first-order valence-electron chi connectivity index (χ1n) is 6.54. The smallest absolute Gasteiger partial charge is 0.314 e. The molecule has 0 bridgehead atoms. The van der Waals surface area contributed by atoms with Gasteiger partial charge in [-0.1, -0.05) is 13.3 Å². The van der Waals surface area contributed by atoms with Crippen LogP contribution in [-0.4, -0.2) is 43.3 Å². The summed E-state index contributed by atoms with van der Waals surface area (Å²) in [5, 5.41) is 3.40. The van der Waals surface area contributed by atoms with Gasteiger partial charge in [-0.3, -0.25) is 4.90 Å². The molecule has 0 radical (unpaired) electrons. The summed E-state index contributed by atoms with van der Waals surface area (Å²) in [6.07, 6.45) is 1.44. The molecule has 0 unspecified atom stereocenters. The Morgan fingerprint density at radius 3 is 2.41 bits per heavy atom. The van der Waals surface area contributed by atoms with Gasteiger partial charge in [-0.05, 0) is 45.3 Å². The second-order valence-electron chi connectivity index (χ2n) is 4.77. The first kappa shape index (κ1) is 14.8. The van der Waals surface area contributed by atoms with Crippen LogP contribution in [0, 0.1) is 0 Å². The SMILES string of the molecule is CCN(CCCCCNC1CC1)CC(F)(F)F. The first-order chi connectivity index (χ1) is 8.01. The molecular formula is C12H23F3N2. The molecule has 0 aliphatic heterocycles. The van der Waals surface area contributed by atoms with Crippen molar-refractivity contribution in [2.75, 3.05) is 26.2 Å². The van der Waals surface area contributed by atoms with Gasteiger partial charge in [0.1, 0.15) is 0 Å². The lowest BCUT2D eigenvalue weighted by molar-refractivity contribution is -0.145. The predicted octanol–water partition coefficient (Wildman–Crippen LogP) is 2.79. The van der Waals surface area contributed by atoms with Gasteiger partial charge < -0.3 is 5.32 Å². The van der Waals surface area contributed by atoms with Gasteiger partial charge >= 0.3 is 6.18 Å². The molecule has 0 aromatic rings. The second kappa shape index (κ2) is 7.21. The van der Waals surface area contributed by atoms with Crippen molar-refractivity contribution >= 4 is 0 Å². The first-order valence-corrected chi connectivity index (χ1v) is 6.54. The zero-order chi connectivity index (χ0) is 12.7. The summed E-state index contributed by atoms with van der Waals surface area (Å²) in [6.45, 7) is 3.04. The van der Waals surface area contributed by atoms with Gasteiger partial charge in [0.15, 0.2) is 0 Å². The lowest BCUT2D eigenvalue weighted by atomic mass is 10.2. The summed E-state index contributed by atoms with van der Waals surface area (Å²) in [6, 6.07) is 0.729. The Morgan fingerprint density at radius 2 is 1.88 bits per heavy atom. The van der Waals surface area contributed by atoms with Crippen molar-refractivity contribution in [3.05, 3.63) is 0 Å². The fourth-order valence-electron chi connectivity index (χ4n) is 1.83. The van der Waals surface area contributed by atoms with Crippen molar-refractivity contribution in [1.29, 1.82) is 0 Å². The average molecular weight is 252 g/mol. The van der Waals surface area contributed by atoms with E-state index in [0.717, 1.165) is 31.8 Å². The van der Waals surface area contributed by atoms with Crippen molar-refractivity contribution in [3.8, 4) is 0 Å². The van der Waals surface area contributed by atoms with E-state index in [1.165, 1.54) is 17.7 Å². The predicted molar refractivity (Wildman–Crippen MR) is 63.0 cm³/mol. The zero-order valence-corrected chi connectivity index (χ0v) is 10.5. The lowest BCUT2D eigenvalue weighted by Gasteiger charge is -2.21. The maximum Gasteiger partial charge on any atom is 0.401 e. The van der Waals surface area contributed by atoms with Crippen LogP contribution in [0.1, 0.15) is 39.0 Å². The monoisotopic (exact) mass is 252 g/mol. The van der Waals surface area contributed by atoms with E-state index in [2.05, 4.69) is 5.32 Å². The highest BCUT2D eigenvalue weighted by Crippen LogP contribution is 2.18. The Labute approximate surface area is 102 Å². The Hall–Kier alpha value is -0.290. The fourth-order valence-corrected chi connectivity index (χ4v) is 1.83. The minimum Gasteiger partial charge on any atom is -0.314 e. The molecule has 0 heterocycles. The van der Waals surface area contributed by atoms with Gasteiger partial charge in [0, 0.05) is 6.04 Å². The molecule has 5 heteroatoms. The van der Waals surface area contributed by atoms with Crippen LogP contribution in [-0.2, 0) is 0 Å². The van der Waals surface area contributed by atoms with Gasteiger partial charge in [-0.15, -0.1) is 0 Å². The number of alkyl halides is 3. The van der Waals surface area contributed by atoms with Gasteiger partial charge in [-0.25, -0.2) is 0 Å². The number of halogens is 3. The van der Waals surface area contributed by atoms with Crippen LogP contribution in [0.3, 0.4) is 0 Å². The Kier molecular flexibility index (Phi) is 6.27. The van der Waals surface area contributed by atoms with Crippen LogP contribution in [0.25, 0.3) is 0 Å². The van der Waals surface area contributed by atoms with Gasteiger partial charge in [0.05, 0.1) is 6.54 Å². The molecule has 17 heavy (non-hydrogen) atoms. The molecule has 1 saturated carbocycles. The van der Waals surface area contributed by atoms with E-state index >= 15 is 0 Å². The van der Waals surface area contributed by atoms with E-state index in [0.29, 0.717) is 13.1 Å². The van der Waals surface area contributed by atoms with E-state index in [4.69, 9.17) is 0 Å². The normalized spacial score (nSPS) is 16.8. The Morgan fingerprint density at radius 1 is 1.18 bits per heavy atom. The summed E-state index contributed by atoms with van der Waals surface area (Å²) in [4.78, 5) is 1.47. The summed E-state index contributed by atoms with van der Waals surface area (Å²) in [7, 11) is 0. The van der Waals surface area contributed by atoms with Crippen LogP contribution >= 0.6 is 0 Å². The van der Waals surface area contributed by atoms with Gasteiger partial charge in [0.25, 0.3) is 0 Å². The van der Waals surface area contributed by atoms with Crippen molar-refractivity contribution in [1.82, 2.24) is 10.2 Å². The minimum atomic E-state index is -4.07. The Balaban J connectivity index is 1.94. The van der Waals surface area contributed by atoms with Crippen LogP contribution < -0.4 is 5.32 Å². The number of rotatable bonds is 9. The maximum absolute atomic E-state index is 12.2. The van der Waals surface area contributed by atoms with Crippen LogP contribution in [0.5, 0.6) is 0 Å². The molecule has 102 valence electrons. The number of unbranched alkanes of at least 4 members (excludes halogenated alkanes) is 2. The molecule has 0 aromatic heterocycles. The summed E-state index contributed by atoms with van der Waals surface area (Å²) < 4.78 is 36.5. The third-order valence-corrected chi connectivity index (χ3v) is 3.01. The quantitative estimate of drug-likeness (QED) is 0.635. The van der Waals surface area contributed by atoms with Crippen LogP contribution in [0.15, 0.2) is 0 Å². The fraction of sp³-hybridized carbons (Fsp3) is 1.00. The summed E-state index contributed by atoms with van der Waals surface area (Å²) in [5.74, 6) is 0. The van der Waals surface area contributed by atoms with E-state index in [1.807, 2.05) is 0 Å². The lowest BCUT2D eigenvalue weighted by Crippen LogP contribution is -2.34. The Bertz CT molecular complexity index is 202. The third kappa shape index (κ3) is 8.44. The molecule has 0 saturated heterocycles. The van der Waals surface area contributed by atoms with Crippen LogP contribution in [0.2, 0.25) is 0 Å². The molecule has 0 atom stereocenters. The van der Waals surface area contributed by atoms with E-state index in [-0.39, 0.29) is 0 Å². The number of hydrogen-bond acceptors (Lipinski definition) is 2. The van der Waals surface area contributed by atoms with Crippen molar-refractivity contribution in [3.63, 3.8) is 0 Å².